The molecule has 5 nitrogen and oxygen atoms in total. The summed E-state index contributed by atoms with van der Waals surface area (Å²) in [6.07, 6.45) is 3.88. The van der Waals surface area contributed by atoms with Crippen LogP contribution in [0.25, 0.3) is 22.3 Å². The van der Waals surface area contributed by atoms with Crippen LogP contribution in [0.5, 0.6) is 0 Å². The summed E-state index contributed by atoms with van der Waals surface area (Å²) >= 11 is 5.32. The second-order valence-electron chi connectivity index (χ2n) is 5.49. The standard InChI is InChI=1S/C18H15N5S/c1-22-12-14(15-9-5-6-10-16(15)22)11-19-23-17(20-21-18(23)24)13-7-3-2-4-8-13/h2-12H,1H3,(H,21,24)/b19-11-. The van der Waals surface area contributed by atoms with E-state index in [2.05, 4.69) is 38.2 Å². The Labute approximate surface area is 143 Å². The SMILES string of the molecule is Cn1cc(/C=N\n2c(-c3ccccc3)n[nH]c2=S)c2ccccc21. The number of nitrogens with zero attached hydrogens (tertiary/aromatic N) is 4. The molecule has 2 aromatic heterocycles. The van der Waals surface area contributed by atoms with Gasteiger partial charge in [-0.2, -0.15) is 14.9 Å². The zero-order valence-electron chi connectivity index (χ0n) is 13.0. The molecule has 1 N–H and O–H groups in total. The molecule has 6 heteroatoms. The molecule has 0 amide bonds. The first kappa shape index (κ1) is 14.6. The highest BCUT2D eigenvalue weighted by atomic mass is 32.1. The van der Waals surface area contributed by atoms with Gasteiger partial charge in [0.25, 0.3) is 0 Å². The Bertz CT molecular complexity index is 1090. The van der Waals surface area contributed by atoms with E-state index in [4.69, 9.17) is 12.2 Å². The summed E-state index contributed by atoms with van der Waals surface area (Å²) in [5.41, 5.74) is 3.16. The van der Waals surface area contributed by atoms with E-state index in [1.165, 1.54) is 0 Å². The number of H-pyrrole nitrogens is 1. The Morgan fingerprint density at radius 1 is 1.08 bits per heavy atom. The van der Waals surface area contributed by atoms with Gasteiger partial charge in [-0.1, -0.05) is 48.5 Å². The smallest absolute Gasteiger partial charge is 0.216 e. The lowest BCUT2D eigenvalue weighted by Gasteiger charge is -2.00. The quantitative estimate of drug-likeness (QED) is 0.455. The van der Waals surface area contributed by atoms with Crippen molar-refractivity contribution in [3.8, 4) is 11.4 Å². The fourth-order valence-electron chi connectivity index (χ4n) is 2.77. The summed E-state index contributed by atoms with van der Waals surface area (Å²) in [4.78, 5) is 0. The minimum absolute atomic E-state index is 0.463. The van der Waals surface area contributed by atoms with E-state index >= 15 is 0 Å². The van der Waals surface area contributed by atoms with Crippen LogP contribution in [0, 0.1) is 4.77 Å². The number of aromatic amines is 1. The first-order valence-corrected chi connectivity index (χ1v) is 7.96. The van der Waals surface area contributed by atoms with Crippen LogP contribution in [0.15, 0.2) is 65.9 Å². The van der Waals surface area contributed by atoms with Crippen LogP contribution in [0.3, 0.4) is 0 Å². The number of aryl methyl sites for hydroxylation is 1. The molecule has 4 aromatic rings. The largest absolute Gasteiger partial charge is 0.350 e. The minimum atomic E-state index is 0.463. The van der Waals surface area contributed by atoms with Crippen molar-refractivity contribution < 1.29 is 0 Å². The molecule has 0 fully saturated rings. The number of fused-ring (bicyclic) bond motifs is 1. The van der Waals surface area contributed by atoms with Crippen LogP contribution in [-0.2, 0) is 7.05 Å². The molecule has 0 saturated carbocycles. The molecular weight excluding hydrogens is 318 g/mol. The molecule has 0 radical (unpaired) electrons. The van der Waals surface area contributed by atoms with E-state index in [0.29, 0.717) is 10.6 Å². The first-order valence-electron chi connectivity index (χ1n) is 7.55. The van der Waals surface area contributed by atoms with Crippen LogP contribution < -0.4 is 0 Å². The second kappa shape index (κ2) is 5.90. The van der Waals surface area contributed by atoms with Gasteiger partial charge in [-0.3, -0.25) is 0 Å². The van der Waals surface area contributed by atoms with Gasteiger partial charge in [0, 0.05) is 35.3 Å². The van der Waals surface area contributed by atoms with Gasteiger partial charge < -0.3 is 4.57 Å². The highest BCUT2D eigenvalue weighted by Crippen LogP contribution is 2.20. The first-order chi connectivity index (χ1) is 11.7. The molecule has 0 aliphatic carbocycles. The van der Waals surface area contributed by atoms with Crippen molar-refractivity contribution in [3.05, 3.63) is 71.1 Å². The number of nitrogens with one attached hydrogen (secondary N) is 1. The van der Waals surface area contributed by atoms with Crippen LogP contribution in [-0.4, -0.2) is 25.7 Å². The van der Waals surface area contributed by atoms with Gasteiger partial charge in [-0.15, -0.1) is 0 Å². The molecule has 4 rings (SSSR count). The third-order valence-corrected chi connectivity index (χ3v) is 4.19. The van der Waals surface area contributed by atoms with E-state index < -0.39 is 0 Å². The average Bonchev–Trinajstić information content (AvgIpc) is 3.14. The summed E-state index contributed by atoms with van der Waals surface area (Å²) in [5, 5.41) is 12.8. The fourth-order valence-corrected chi connectivity index (χ4v) is 2.95. The normalized spacial score (nSPS) is 11.5. The number of aromatic nitrogens is 4. The van der Waals surface area contributed by atoms with Crippen molar-refractivity contribution in [1.82, 2.24) is 19.4 Å². The topological polar surface area (TPSA) is 50.9 Å². The molecule has 0 saturated heterocycles. The van der Waals surface area contributed by atoms with Crippen molar-refractivity contribution in [2.24, 2.45) is 12.1 Å². The molecule has 2 aromatic carbocycles. The van der Waals surface area contributed by atoms with Crippen LogP contribution >= 0.6 is 12.2 Å². The zero-order chi connectivity index (χ0) is 16.5. The third kappa shape index (κ3) is 2.47. The maximum atomic E-state index is 5.32. The Balaban J connectivity index is 1.80. The molecule has 0 unspecified atom stereocenters. The Morgan fingerprint density at radius 2 is 1.83 bits per heavy atom. The van der Waals surface area contributed by atoms with Gasteiger partial charge >= 0.3 is 0 Å². The Hall–Kier alpha value is -2.99. The van der Waals surface area contributed by atoms with E-state index in [0.717, 1.165) is 22.0 Å². The fraction of sp³-hybridized carbons (Fsp3) is 0.0556. The number of hydrogen-bond donors (Lipinski definition) is 1. The second-order valence-corrected chi connectivity index (χ2v) is 5.87. The van der Waals surface area contributed by atoms with Gasteiger partial charge in [0.2, 0.25) is 4.77 Å². The monoisotopic (exact) mass is 333 g/mol. The van der Waals surface area contributed by atoms with Gasteiger partial charge in [0.1, 0.15) is 0 Å². The van der Waals surface area contributed by atoms with Crippen molar-refractivity contribution in [2.45, 2.75) is 0 Å². The van der Waals surface area contributed by atoms with Crippen LogP contribution in [0.4, 0.5) is 0 Å². The van der Waals surface area contributed by atoms with E-state index in [1.54, 1.807) is 4.68 Å². The predicted molar refractivity (Wildman–Crippen MR) is 98.8 cm³/mol. The lowest BCUT2D eigenvalue weighted by Crippen LogP contribution is -1.94. The summed E-state index contributed by atoms with van der Waals surface area (Å²) < 4.78 is 4.20. The highest BCUT2D eigenvalue weighted by Gasteiger charge is 2.08. The minimum Gasteiger partial charge on any atom is -0.350 e. The molecule has 0 spiro atoms. The maximum absolute atomic E-state index is 5.32. The molecule has 24 heavy (non-hydrogen) atoms. The van der Waals surface area contributed by atoms with Gasteiger partial charge in [0.05, 0.1) is 6.21 Å². The van der Waals surface area contributed by atoms with Crippen LogP contribution in [0.2, 0.25) is 0 Å². The molecule has 118 valence electrons. The third-order valence-electron chi connectivity index (χ3n) is 3.92. The number of para-hydroxylation sites is 1. The molecule has 0 aliphatic heterocycles. The van der Waals surface area contributed by atoms with Gasteiger partial charge in [0.15, 0.2) is 5.82 Å². The van der Waals surface area contributed by atoms with E-state index in [-0.39, 0.29) is 0 Å². The molecule has 0 atom stereocenters. The Morgan fingerprint density at radius 3 is 2.67 bits per heavy atom. The van der Waals surface area contributed by atoms with Crippen molar-refractivity contribution in [1.29, 1.82) is 0 Å². The highest BCUT2D eigenvalue weighted by molar-refractivity contribution is 7.71. The molecular formula is C18H15N5S. The summed E-state index contributed by atoms with van der Waals surface area (Å²) in [6, 6.07) is 18.1. The zero-order valence-corrected chi connectivity index (χ0v) is 13.9. The lowest BCUT2D eigenvalue weighted by molar-refractivity contribution is 0.871. The average molecular weight is 333 g/mol. The number of rotatable bonds is 3. The summed E-state index contributed by atoms with van der Waals surface area (Å²) in [5.74, 6) is 0.692. The maximum Gasteiger partial charge on any atom is 0.216 e. The predicted octanol–water partition coefficient (Wildman–Crippen LogP) is 3.98. The molecule has 2 heterocycles. The van der Waals surface area contributed by atoms with Gasteiger partial charge in [-0.25, -0.2) is 5.10 Å². The Kier molecular flexibility index (Phi) is 3.59. The van der Waals surface area contributed by atoms with E-state index in [1.807, 2.05) is 55.7 Å². The van der Waals surface area contributed by atoms with Crippen LogP contribution in [0.1, 0.15) is 5.56 Å². The number of benzene rings is 2. The van der Waals surface area contributed by atoms with Crippen molar-refractivity contribution in [2.75, 3.05) is 0 Å². The lowest BCUT2D eigenvalue weighted by atomic mass is 10.2. The van der Waals surface area contributed by atoms with E-state index in [9.17, 15) is 0 Å². The summed E-state index contributed by atoms with van der Waals surface area (Å²) in [6.45, 7) is 0. The van der Waals surface area contributed by atoms with Crippen molar-refractivity contribution >= 4 is 29.3 Å². The summed E-state index contributed by atoms with van der Waals surface area (Å²) in [7, 11) is 2.03. The molecule has 0 bridgehead atoms. The van der Waals surface area contributed by atoms with Crippen molar-refractivity contribution in [3.63, 3.8) is 0 Å². The molecule has 0 aliphatic rings. The van der Waals surface area contributed by atoms with Gasteiger partial charge in [-0.05, 0) is 18.3 Å². The number of hydrogen-bond acceptors (Lipinski definition) is 3.